The topological polar surface area (TPSA) is 12.9 Å². The van der Waals surface area contributed by atoms with E-state index in [0.717, 1.165) is 12.3 Å². The third-order valence-corrected chi connectivity index (χ3v) is 1.93. The van der Waals surface area contributed by atoms with E-state index in [-0.39, 0.29) is 5.41 Å². The average molecular weight is 202 g/mol. The van der Waals surface area contributed by atoms with Gasteiger partial charge in [-0.1, -0.05) is 32.3 Å². The van der Waals surface area contributed by atoms with E-state index in [2.05, 4.69) is 4.98 Å². The molecule has 1 rings (SSSR count). The maximum atomic E-state index is 12.2. The Morgan fingerprint density at radius 3 is 2.00 bits per heavy atom. The molecule has 0 bridgehead atoms. The normalized spacial score (nSPS) is 13.0. The van der Waals surface area contributed by atoms with Gasteiger partial charge in [0.15, 0.2) is 0 Å². The van der Waals surface area contributed by atoms with Crippen LogP contribution >= 0.6 is 0 Å². The zero-order chi connectivity index (χ0) is 11.0. The summed E-state index contributed by atoms with van der Waals surface area (Å²) in [5, 5.41) is 0. The number of nitrogens with zero attached hydrogens (tertiary/aromatic N) is 1. The first kappa shape index (κ1) is 11.1. The van der Waals surface area contributed by atoms with Crippen molar-refractivity contribution in [3.05, 3.63) is 24.0 Å². The van der Waals surface area contributed by atoms with E-state index in [9.17, 15) is 12.9 Å². The minimum absolute atomic E-state index is 0.211. The Kier molecular flexibility index (Phi) is 2.61. The summed E-state index contributed by atoms with van der Waals surface area (Å²) in [6.07, 6.45) is 0.903. The van der Waals surface area contributed by atoms with Crippen LogP contribution in [0.4, 0.5) is 12.9 Å². The standard InChI is InChI=1S/C9H12BF3N/c1-9(2,3)8-5-4-7(6-14-8)10(11,12)13/h4-6H,1-3H3/q-1. The number of hydrogen-bond donors (Lipinski definition) is 0. The molecule has 0 N–H and O–H groups in total. The molecule has 0 amide bonds. The molecule has 1 aromatic heterocycles. The van der Waals surface area contributed by atoms with Crippen LogP contribution in [0.15, 0.2) is 18.3 Å². The SMILES string of the molecule is CC(C)(C)c1ccc([B-](F)(F)F)cn1. The van der Waals surface area contributed by atoms with Crippen molar-refractivity contribution in [2.45, 2.75) is 26.2 Å². The minimum atomic E-state index is -4.92. The molecule has 0 spiro atoms. The molecule has 1 heterocycles. The van der Waals surface area contributed by atoms with Crippen LogP contribution in [-0.4, -0.2) is 12.0 Å². The van der Waals surface area contributed by atoms with Gasteiger partial charge in [0.05, 0.1) is 0 Å². The third kappa shape index (κ3) is 2.50. The summed E-state index contributed by atoms with van der Waals surface area (Å²) in [6, 6.07) is 2.53. The number of halogens is 3. The zero-order valence-corrected chi connectivity index (χ0v) is 8.39. The lowest BCUT2D eigenvalue weighted by atomic mass is 9.80. The number of rotatable bonds is 1. The van der Waals surface area contributed by atoms with Crippen LogP contribution in [0.2, 0.25) is 0 Å². The van der Waals surface area contributed by atoms with Crippen LogP contribution in [0.25, 0.3) is 0 Å². The van der Waals surface area contributed by atoms with Crippen LogP contribution in [0, 0.1) is 0 Å². The van der Waals surface area contributed by atoms with Crippen LogP contribution in [0.3, 0.4) is 0 Å². The van der Waals surface area contributed by atoms with Gasteiger partial charge in [-0.3, -0.25) is 4.98 Å². The molecule has 5 heteroatoms. The molecular formula is C9H12BF3N-. The Hall–Kier alpha value is -0.995. The van der Waals surface area contributed by atoms with Crippen molar-refractivity contribution >= 4 is 12.4 Å². The van der Waals surface area contributed by atoms with Gasteiger partial charge >= 0.3 is 6.98 Å². The lowest BCUT2D eigenvalue weighted by Gasteiger charge is -2.20. The van der Waals surface area contributed by atoms with Crippen molar-refractivity contribution < 1.29 is 12.9 Å². The van der Waals surface area contributed by atoms with Gasteiger partial charge in [-0.25, -0.2) is 0 Å². The maximum absolute atomic E-state index is 12.2. The summed E-state index contributed by atoms with van der Waals surface area (Å²) < 4.78 is 36.7. The smallest absolute Gasteiger partial charge is 0.445 e. The van der Waals surface area contributed by atoms with Crippen molar-refractivity contribution in [2.75, 3.05) is 0 Å². The Labute approximate surface area is 81.4 Å². The molecule has 0 atom stereocenters. The quantitative estimate of drug-likeness (QED) is 0.637. The second kappa shape index (κ2) is 3.30. The molecule has 78 valence electrons. The maximum Gasteiger partial charge on any atom is 0.511 e. The molecule has 0 radical (unpaired) electrons. The molecule has 0 saturated carbocycles. The van der Waals surface area contributed by atoms with Gasteiger partial charge in [0.25, 0.3) is 0 Å². The largest absolute Gasteiger partial charge is 0.511 e. The summed E-state index contributed by atoms with van der Waals surface area (Å²) in [7, 11) is 0. The van der Waals surface area contributed by atoms with Crippen molar-refractivity contribution in [3.63, 3.8) is 0 Å². The van der Waals surface area contributed by atoms with Gasteiger partial charge in [0, 0.05) is 17.3 Å². The van der Waals surface area contributed by atoms with Crippen LogP contribution < -0.4 is 5.46 Å². The predicted molar refractivity (Wildman–Crippen MR) is 51.6 cm³/mol. The van der Waals surface area contributed by atoms with Gasteiger partial charge in [0.2, 0.25) is 0 Å². The Morgan fingerprint density at radius 2 is 1.71 bits per heavy atom. The fourth-order valence-electron chi connectivity index (χ4n) is 1.04. The first-order valence-corrected chi connectivity index (χ1v) is 4.37. The van der Waals surface area contributed by atoms with E-state index < -0.39 is 12.4 Å². The highest BCUT2D eigenvalue weighted by Gasteiger charge is 2.26. The van der Waals surface area contributed by atoms with E-state index in [1.54, 1.807) is 0 Å². The summed E-state index contributed by atoms with van der Waals surface area (Å²) in [6.45, 7) is 0.810. The van der Waals surface area contributed by atoms with Gasteiger partial charge in [-0.05, 0) is 6.07 Å². The molecule has 0 aliphatic carbocycles. The van der Waals surface area contributed by atoms with Gasteiger partial charge in [-0.15, -0.1) is 0 Å². The van der Waals surface area contributed by atoms with Gasteiger partial charge < -0.3 is 12.9 Å². The summed E-state index contributed by atoms with van der Waals surface area (Å²) >= 11 is 0. The molecule has 0 aromatic carbocycles. The molecular weight excluding hydrogens is 190 g/mol. The third-order valence-electron chi connectivity index (χ3n) is 1.93. The van der Waals surface area contributed by atoms with Crippen LogP contribution in [-0.2, 0) is 5.41 Å². The van der Waals surface area contributed by atoms with Gasteiger partial charge in [0.1, 0.15) is 0 Å². The van der Waals surface area contributed by atoms with Crippen molar-refractivity contribution in [3.8, 4) is 0 Å². The molecule has 0 aliphatic rings. The molecule has 0 saturated heterocycles. The van der Waals surface area contributed by atoms with E-state index in [1.165, 1.54) is 6.07 Å². The van der Waals surface area contributed by atoms with E-state index in [0.29, 0.717) is 5.69 Å². The van der Waals surface area contributed by atoms with E-state index >= 15 is 0 Å². The molecule has 14 heavy (non-hydrogen) atoms. The Morgan fingerprint density at radius 1 is 1.14 bits per heavy atom. The van der Waals surface area contributed by atoms with Crippen molar-refractivity contribution in [1.29, 1.82) is 0 Å². The molecule has 0 fully saturated rings. The highest BCUT2D eigenvalue weighted by molar-refractivity contribution is 6.73. The molecule has 1 nitrogen and oxygen atoms in total. The Balaban J connectivity index is 3.02. The Bertz CT molecular complexity index is 277. The lowest BCUT2D eigenvalue weighted by Crippen LogP contribution is -2.34. The molecule has 0 aliphatic heterocycles. The monoisotopic (exact) mass is 202 g/mol. The fraction of sp³-hybridized carbons (Fsp3) is 0.444. The van der Waals surface area contributed by atoms with E-state index in [4.69, 9.17) is 0 Å². The first-order chi connectivity index (χ1) is 6.21. The first-order valence-electron chi connectivity index (χ1n) is 4.37. The summed E-state index contributed by atoms with van der Waals surface area (Å²) in [5.41, 5.74) is -0.184. The van der Waals surface area contributed by atoms with Gasteiger partial charge in [-0.2, -0.15) is 0 Å². The van der Waals surface area contributed by atoms with Crippen LogP contribution in [0.1, 0.15) is 26.5 Å². The van der Waals surface area contributed by atoms with E-state index in [1.807, 2.05) is 20.8 Å². The van der Waals surface area contributed by atoms with Crippen molar-refractivity contribution in [2.24, 2.45) is 0 Å². The number of pyridine rings is 1. The zero-order valence-electron chi connectivity index (χ0n) is 8.39. The number of aromatic nitrogens is 1. The van der Waals surface area contributed by atoms with Crippen LogP contribution in [0.5, 0.6) is 0 Å². The van der Waals surface area contributed by atoms with Crippen molar-refractivity contribution in [1.82, 2.24) is 4.98 Å². The summed E-state index contributed by atoms with van der Waals surface area (Å²) in [4.78, 5) is 3.81. The fourth-order valence-corrected chi connectivity index (χ4v) is 1.04. The highest BCUT2D eigenvalue weighted by atomic mass is 19.4. The highest BCUT2D eigenvalue weighted by Crippen LogP contribution is 2.19. The predicted octanol–water partition coefficient (Wildman–Crippen LogP) is 2.43. The average Bonchev–Trinajstić information content (AvgIpc) is 2.01. The minimum Gasteiger partial charge on any atom is -0.445 e. The summed E-state index contributed by atoms with van der Waals surface area (Å²) in [5.74, 6) is 0. The second-order valence-corrected chi connectivity index (χ2v) is 4.30. The second-order valence-electron chi connectivity index (χ2n) is 4.30. The lowest BCUT2D eigenvalue weighted by molar-refractivity contribution is 0.500. The molecule has 1 aromatic rings. The molecule has 0 unspecified atom stereocenters. The number of hydrogen-bond acceptors (Lipinski definition) is 1.